The molecule has 0 aliphatic carbocycles. The number of hydrogen-bond acceptors (Lipinski definition) is 6. The van der Waals surface area contributed by atoms with Crippen LogP contribution in [0.5, 0.6) is 0 Å². The largest absolute Gasteiger partial charge is 0.512 e. The Kier molecular flexibility index (Phi) is 9.41. The van der Waals surface area contributed by atoms with E-state index in [4.69, 9.17) is 5.26 Å². The van der Waals surface area contributed by atoms with Crippen molar-refractivity contribution >= 4 is 20.0 Å². The summed E-state index contributed by atoms with van der Waals surface area (Å²) in [7, 11) is -13.2. The minimum absolute atomic E-state index is 0.472. The van der Waals surface area contributed by atoms with E-state index >= 15 is 0 Å². The molecule has 150 valence electrons. The van der Waals surface area contributed by atoms with Crippen molar-refractivity contribution in [3.05, 3.63) is 0 Å². The molecule has 1 N–H and O–H groups in total. The van der Waals surface area contributed by atoms with Gasteiger partial charge in [0.15, 0.2) is 0 Å². The van der Waals surface area contributed by atoms with E-state index in [2.05, 4.69) is 38.7 Å². The van der Waals surface area contributed by atoms with Crippen LogP contribution in [0.15, 0.2) is 0 Å². The highest BCUT2D eigenvalue weighted by molar-refractivity contribution is 8.05. The van der Waals surface area contributed by atoms with Crippen LogP contribution in [0.2, 0.25) is 0 Å². The third-order valence-electron chi connectivity index (χ3n) is 2.41. The molecule has 0 unspecified atom stereocenters. The summed E-state index contributed by atoms with van der Waals surface area (Å²) in [4.78, 5) is 2.15. The van der Waals surface area contributed by atoms with E-state index in [0.717, 1.165) is 0 Å². The number of hydrogen-bond donors (Lipinski definition) is 1. The average Bonchev–Trinajstić information content (AvgIpc) is 2.31. The van der Waals surface area contributed by atoms with E-state index < -0.39 is 35.2 Å². The molecule has 0 rings (SSSR count). The molecule has 0 amide bonds. The molecular formula is C10H17F6N3O4S2. The lowest BCUT2D eigenvalue weighted by Crippen LogP contribution is -2.45. The molecular weight excluding hydrogens is 404 g/mol. The first-order chi connectivity index (χ1) is 10.8. The standard InChI is InChI=1S/C8H16N2.C2HF6NO4S2/c1-7(2)10(6-5-9)8(3)4;3-1(4,5)14(10,11)9-15(12,13)2(6,7)8/h7-8H,6H2,1-4H3;9H. The predicted molar refractivity (Wildman–Crippen MR) is 75.7 cm³/mol. The smallest absolute Gasteiger partial charge is 0.286 e. The quantitative estimate of drug-likeness (QED) is 0.537. The number of halogens is 6. The van der Waals surface area contributed by atoms with Gasteiger partial charge >= 0.3 is 31.1 Å². The van der Waals surface area contributed by atoms with Crippen molar-refractivity contribution in [3.8, 4) is 6.07 Å². The van der Waals surface area contributed by atoms with Crippen LogP contribution < -0.4 is 4.13 Å². The van der Waals surface area contributed by atoms with E-state index in [1.165, 1.54) is 0 Å². The maximum Gasteiger partial charge on any atom is 0.512 e. The second-order valence-electron chi connectivity index (χ2n) is 5.00. The fourth-order valence-electron chi connectivity index (χ4n) is 1.28. The molecule has 0 saturated carbocycles. The van der Waals surface area contributed by atoms with Gasteiger partial charge in [-0.25, -0.2) is 16.8 Å². The summed E-state index contributed by atoms with van der Waals surface area (Å²) < 4.78 is 108. The SMILES string of the molecule is CC(C)N(CC#N)C(C)C.O=S(=O)(NS(=O)(=O)C(F)(F)F)C(F)(F)F. The first kappa shape index (κ1) is 26.1. The number of nitrogens with zero attached hydrogens (tertiary/aromatic N) is 2. The highest BCUT2D eigenvalue weighted by Crippen LogP contribution is 2.27. The van der Waals surface area contributed by atoms with Crippen LogP contribution in [0, 0.1) is 11.3 Å². The lowest BCUT2D eigenvalue weighted by molar-refractivity contribution is -0.0476. The first-order valence-corrected chi connectivity index (χ1v) is 9.30. The Bertz CT molecular complexity index is 612. The molecule has 0 atom stereocenters. The zero-order valence-corrected chi connectivity index (χ0v) is 15.1. The predicted octanol–water partition coefficient (Wildman–Crippen LogP) is 1.90. The number of sulfonamides is 2. The number of rotatable bonds is 5. The minimum atomic E-state index is -6.60. The molecule has 7 nitrogen and oxygen atoms in total. The van der Waals surface area contributed by atoms with Crippen LogP contribution in [0.3, 0.4) is 0 Å². The van der Waals surface area contributed by atoms with Crippen LogP contribution in [-0.2, 0) is 20.0 Å². The third kappa shape index (κ3) is 8.70. The molecule has 0 aromatic carbocycles. The molecule has 0 aliphatic heterocycles. The van der Waals surface area contributed by atoms with E-state index in [1.807, 2.05) is 0 Å². The summed E-state index contributed by atoms with van der Waals surface area (Å²) in [6.45, 7) is 8.97. The lowest BCUT2D eigenvalue weighted by Gasteiger charge is -2.27. The Labute approximate surface area is 141 Å². The summed E-state index contributed by atoms with van der Waals surface area (Å²) in [6.07, 6.45) is 0. The van der Waals surface area contributed by atoms with Gasteiger partial charge in [0.1, 0.15) is 0 Å². The van der Waals surface area contributed by atoms with Gasteiger partial charge in [0.2, 0.25) is 0 Å². The number of nitriles is 1. The third-order valence-corrected chi connectivity index (χ3v) is 5.38. The van der Waals surface area contributed by atoms with E-state index in [9.17, 15) is 43.2 Å². The van der Waals surface area contributed by atoms with Gasteiger partial charge < -0.3 is 0 Å². The molecule has 0 aromatic heterocycles. The highest BCUT2D eigenvalue weighted by atomic mass is 32.3. The molecule has 0 spiro atoms. The molecule has 15 heteroatoms. The van der Waals surface area contributed by atoms with Crippen LogP contribution in [-0.4, -0.2) is 51.4 Å². The van der Waals surface area contributed by atoms with Gasteiger partial charge in [-0.3, -0.25) is 4.90 Å². The van der Waals surface area contributed by atoms with Crippen molar-refractivity contribution in [3.63, 3.8) is 0 Å². The topological polar surface area (TPSA) is 107 Å². The minimum Gasteiger partial charge on any atom is -0.286 e. The fraction of sp³-hybridized carbons (Fsp3) is 0.900. The van der Waals surface area contributed by atoms with Crippen molar-refractivity contribution in [2.24, 2.45) is 0 Å². The molecule has 0 heterocycles. The summed E-state index contributed by atoms with van der Waals surface area (Å²) in [5, 5.41) is 8.44. The van der Waals surface area contributed by atoms with E-state index in [-0.39, 0.29) is 0 Å². The lowest BCUT2D eigenvalue weighted by atomic mass is 10.2. The maximum absolute atomic E-state index is 11.5. The van der Waals surface area contributed by atoms with Gasteiger partial charge in [0.25, 0.3) is 0 Å². The molecule has 0 radical (unpaired) electrons. The monoisotopic (exact) mass is 421 g/mol. The van der Waals surface area contributed by atoms with Crippen LogP contribution in [0.1, 0.15) is 27.7 Å². The molecule has 25 heavy (non-hydrogen) atoms. The number of nitrogens with one attached hydrogen (secondary N) is 1. The van der Waals surface area contributed by atoms with Gasteiger partial charge in [-0.1, -0.05) is 4.13 Å². The zero-order valence-electron chi connectivity index (χ0n) is 13.5. The zero-order chi connectivity index (χ0) is 20.9. The van der Waals surface area contributed by atoms with Gasteiger partial charge in [-0.2, -0.15) is 31.6 Å². The van der Waals surface area contributed by atoms with Gasteiger partial charge in [0, 0.05) is 12.1 Å². The maximum atomic E-state index is 11.5. The Morgan fingerprint density at radius 1 is 0.880 bits per heavy atom. The van der Waals surface area contributed by atoms with E-state index in [1.54, 1.807) is 0 Å². The Balaban J connectivity index is 0. The molecule has 0 fully saturated rings. The fourth-order valence-corrected chi connectivity index (χ4v) is 3.19. The van der Waals surface area contributed by atoms with Crippen molar-refractivity contribution in [1.82, 2.24) is 9.03 Å². The van der Waals surface area contributed by atoms with Crippen LogP contribution in [0.25, 0.3) is 0 Å². The van der Waals surface area contributed by atoms with Gasteiger partial charge in [-0.05, 0) is 27.7 Å². The molecule has 0 saturated heterocycles. The summed E-state index contributed by atoms with van der Waals surface area (Å²) in [5.74, 6) is 0. The summed E-state index contributed by atoms with van der Waals surface area (Å²) >= 11 is 0. The van der Waals surface area contributed by atoms with Gasteiger partial charge in [0.05, 0.1) is 12.6 Å². The first-order valence-electron chi connectivity index (χ1n) is 6.34. The van der Waals surface area contributed by atoms with Crippen molar-refractivity contribution in [2.75, 3.05) is 6.54 Å². The highest BCUT2D eigenvalue weighted by Gasteiger charge is 2.55. The van der Waals surface area contributed by atoms with Crippen LogP contribution >= 0.6 is 0 Å². The normalized spacial score (nSPS) is 13.6. The summed E-state index contributed by atoms with van der Waals surface area (Å²) in [6, 6.07) is 3.10. The summed E-state index contributed by atoms with van der Waals surface area (Å²) in [5.41, 5.74) is -12.3. The molecule has 0 aliphatic rings. The Hall–Kier alpha value is -1.11. The second-order valence-corrected chi connectivity index (χ2v) is 8.61. The Morgan fingerprint density at radius 2 is 1.16 bits per heavy atom. The molecule has 0 aromatic rings. The van der Waals surface area contributed by atoms with Crippen molar-refractivity contribution in [1.29, 1.82) is 5.26 Å². The second kappa shape index (κ2) is 9.01. The van der Waals surface area contributed by atoms with Gasteiger partial charge in [-0.15, -0.1) is 0 Å². The van der Waals surface area contributed by atoms with Crippen LogP contribution in [0.4, 0.5) is 26.3 Å². The van der Waals surface area contributed by atoms with E-state index in [0.29, 0.717) is 18.6 Å². The Morgan fingerprint density at radius 3 is 1.28 bits per heavy atom. The number of alkyl halides is 6. The van der Waals surface area contributed by atoms with Crippen molar-refractivity contribution in [2.45, 2.75) is 50.8 Å². The van der Waals surface area contributed by atoms with Crippen molar-refractivity contribution < 1.29 is 43.2 Å². The average molecular weight is 421 g/mol. The molecule has 0 bridgehead atoms.